The average molecular weight is 256 g/mol. The van der Waals surface area contributed by atoms with Crippen LogP contribution in [-0.2, 0) is 11.2 Å². The molecule has 0 bridgehead atoms. The van der Waals surface area contributed by atoms with Gasteiger partial charge in [0.25, 0.3) is 0 Å². The van der Waals surface area contributed by atoms with Gasteiger partial charge in [-0.05, 0) is 37.0 Å². The number of amides is 1. The molecule has 1 amide bonds. The molecule has 1 aliphatic rings. The smallest absolute Gasteiger partial charge is 0.224 e. The lowest BCUT2D eigenvalue weighted by Crippen LogP contribution is -2.33. The fraction of sp³-hybridized carbons (Fsp3) is 0.438. The summed E-state index contributed by atoms with van der Waals surface area (Å²) in [5.74, 6) is 0.149. The number of benzene rings is 1. The molecule has 1 aromatic heterocycles. The first-order valence-electron chi connectivity index (χ1n) is 7.09. The molecular weight excluding hydrogens is 236 g/mol. The second-order valence-electron chi connectivity index (χ2n) is 5.54. The minimum absolute atomic E-state index is 0.149. The minimum atomic E-state index is 0.149. The fourth-order valence-corrected chi connectivity index (χ4v) is 3.11. The highest BCUT2D eigenvalue weighted by molar-refractivity contribution is 5.91. The lowest BCUT2D eigenvalue weighted by molar-refractivity contribution is -0.121. The Kier molecular flexibility index (Phi) is 3.28. The highest BCUT2D eigenvalue weighted by Gasteiger charge is 2.18. The van der Waals surface area contributed by atoms with Crippen molar-refractivity contribution in [3.8, 4) is 0 Å². The first-order valence-corrected chi connectivity index (χ1v) is 7.09. The zero-order valence-corrected chi connectivity index (χ0v) is 11.3. The monoisotopic (exact) mass is 256 g/mol. The molecule has 3 nitrogen and oxygen atoms in total. The lowest BCUT2D eigenvalue weighted by atomic mass is 10.1. The molecule has 1 aliphatic carbocycles. The minimum Gasteiger partial charge on any atom is -0.361 e. The summed E-state index contributed by atoms with van der Waals surface area (Å²) < 4.78 is 0. The van der Waals surface area contributed by atoms with Crippen LogP contribution in [-0.4, -0.2) is 16.9 Å². The predicted molar refractivity (Wildman–Crippen MR) is 77.1 cm³/mol. The summed E-state index contributed by atoms with van der Waals surface area (Å²) in [6, 6.07) is 6.59. The third-order valence-corrected chi connectivity index (χ3v) is 4.07. The van der Waals surface area contributed by atoms with E-state index in [1.54, 1.807) is 0 Å². The van der Waals surface area contributed by atoms with E-state index in [9.17, 15) is 4.79 Å². The summed E-state index contributed by atoms with van der Waals surface area (Å²) in [6.45, 7) is 2.09. The summed E-state index contributed by atoms with van der Waals surface area (Å²) in [4.78, 5) is 15.3. The van der Waals surface area contributed by atoms with Crippen LogP contribution < -0.4 is 5.32 Å². The van der Waals surface area contributed by atoms with Crippen molar-refractivity contribution >= 4 is 16.8 Å². The molecule has 0 aliphatic heterocycles. The zero-order valence-electron chi connectivity index (χ0n) is 11.3. The second kappa shape index (κ2) is 5.08. The van der Waals surface area contributed by atoms with Gasteiger partial charge in [0.15, 0.2) is 0 Å². The number of rotatable bonds is 3. The number of nitrogens with one attached hydrogen (secondary N) is 2. The molecule has 0 unspecified atom stereocenters. The molecule has 1 heterocycles. The van der Waals surface area contributed by atoms with Crippen LogP contribution in [0.3, 0.4) is 0 Å². The Morgan fingerprint density at radius 1 is 1.37 bits per heavy atom. The van der Waals surface area contributed by atoms with Crippen LogP contribution in [0.25, 0.3) is 10.9 Å². The van der Waals surface area contributed by atoms with E-state index in [2.05, 4.69) is 29.4 Å². The average Bonchev–Trinajstić information content (AvgIpc) is 3.00. The largest absolute Gasteiger partial charge is 0.361 e. The van der Waals surface area contributed by atoms with E-state index in [0.717, 1.165) is 23.9 Å². The fourth-order valence-electron chi connectivity index (χ4n) is 3.11. The van der Waals surface area contributed by atoms with Crippen molar-refractivity contribution in [2.24, 2.45) is 0 Å². The summed E-state index contributed by atoms with van der Waals surface area (Å²) in [5, 5.41) is 4.35. The van der Waals surface area contributed by atoms with E-state index in [-0.39, 0.29) is 5.91 Å². The number of aryl methyl sites for hydroxylation is 1. The third kappa shape index (κ3) is 2.50. The van der Waals surface area contributed by atoms with Crippen LogP contribution in [0.4, 0.5) is 0 Å². The summed E-state index contributed by atoms with van der Waals surface area (Å²) in [5.41, 5.74) is 3.44. The highest BCUT2D eigenvalue weighted by Crippen LogP contribution is 2.23. The van der Waals surface area contributed by atoms with Crippen LogP contribution in [0.15, 0.2) is 24.4 Å². The Morgan fingerprint density at radius 3 is 2.95 bits per heavy atom. The van der Waals surface area contributed by atoms with Gasteiger partial charge in [-0.15, -0.1) is 0 Å². The molecule has 1 saturated carbocycles. The van der Waals surface area contributed by atoms with Gasteiger partial charge >= 0.3 is 0 Å². The number of H-pyrrole nitrogens is 1. The van der Waals surface area contributed by atoms with E-state index in [4.69, 9.17) is 0 Å². The van der Waals surface area contributed by atoms with Crippen molar-refractivity contribution in [3.63, 3.8) is 0 Å². The first-order chi connectivity index (χ1) is 9.24. The molecule has 1 aromatic carbocycles. The van der Waals surface area contributed by atoms with E-state index >= 15 is 0 Å². The van der Waals surface area contributed by atoms with Crippen molar-refractivity contribution in [2.45, 2.75) is 45.1 Å². The van der Waals surface area contributed by atoms with Gasteiger partial charge in [0.05, 0.1) is 6.42 Å². The Labute approximate surface area is 113 Å². The topological polar surface area (TPSA) is 44.9 Å². The maximum atomic E-state index is 12.1. The summed E-state index contributed by atoms with van der Waals surface area (Å²) in [6.07, 6.45) is 7.21. The molecule has 0 radical (unpaired) electrons. The summed E-state index contributed by atoms with van der Waals surface area (Å²) >= 11 is 0. The molecule has 0 spiro atoms. The van der Waals surface area contributed by atoms with Gasteiger partial charge in [-0.25, -0.2) is 0 Å². The molecule has 0 saturated heterocycles. The quantitative estimate of drug-likeness (QED) is 0.871. The van der Waals surface area contributed by atoms with Crippen LogP contribution in [0.1, 0.15) is 36.8 Å². The maximum absolute atomic E-state index is 12.1. The molecule has 2 N–H and O–H groups in total. The van der Waals surface area contributed by atoms with Crippen LogP contribution in [0.5, 0.6) is 0 Å². The third-order valence-electron chi connectivity index (χ3n) is 4.07. The first kappa shape index (κ1) is 12.3. The van der Waals surface area contributed by atoms with E-state index < -0.39 is 0 Å². The maximum Gasteiger partial charge on any atom is 0.224 e. The van der Waals surface area contributed by atoms with Crippen molar-refractivity contribution in [3.05, 3.63) is 35.5 Å². The molecule has 19 heavy (non-hydrogen) atoms. The normalized spacial score (nSPS) is 16.1. The lowest BCUT2D eigenvalue weighted by Gasteiger charge is -2.11. The van der Waals surface area contributed by atoms with Gasteiger partial charge in [-0.3, -0.25) is 4.79 Å². The van der Waals surface area contributed by atoms with Crippen LogP contribution in [0, 0.1) is 6.92 Å². The Balaban J connectivity index is 1.75. The van der Waals surface area contributed by atoms with Gasteiger partial charge in [0.2, 0.25) is 5.91 Å². The van der Waals surface area contributed by atoms with Gasteiger partial charge in [-0.1, -0.05) is 25.0 Å². The van der Waals surface area contributed by atoms with Crippen molar-refractivity contribution < 1.29 is 4.79 Å². The molecule has 100 valence electrons. The number of carbonyl (C=O) groups excluding carboxylic acids is 1. The Morgan fingerprint density at radius 2 is 2.16 bits per heavy atom. The van der Waals surface area contributed by atoms with Crippen LogP contribution >= 0.6 is 0 Å². The number of hydrogen-bond acceptors (Lipinski definition) is 1. The van der Waals surface area contributed by atoms with Crippen LogP contribution in [0.2, 0.25) is 0 Å². The number of aromatic amines is 1. The van der Waals surface area contributed by atoms with Crippen molar-refractivity contribution in [1.82, 2.24) is 10.3 Å². The molecule has 1 fully saturated rings. The van der Waals surface area contributed by atoms with Gasteiger partial charge in [0, 0.05) is 23.1 Å². The number of carbonyl (C=O) groups is 1. The number of hydrogen-bond donors (Lipinski definition) is 2. The molecule has 0 atom stereocenters. The predicted octanol–water partition coefficient (Wildman–Crippen LogP) is 3.08. The Bertz CT molecular complexity index is 594. The molecule has 3 heteroatoms. The van der Waals surface area contributed by atoms with E-state index in [0.29, 0.717) is 12.5 Å². The van der Waals surface area contributed by atoms with Crippen molar-refractivity contribution in [2.75, 3.05) is 0 Å². The van der Waals surface area contributed by atoms with Crippen molar-refractivity contribution in [1.29, 1.82) is 0 Å². The SMILES string of the molecule is Cc1cccc2[nH]cc(CC(=O)NC3CCCC3)c12. The number of aromatic nitrogens is 1. The molecular formula is C16H20N2O. The summed E-state index contributed by atoms with van der Waals surface area (Å²) in [7, 11) is 0. The van der Waals surface area contributed by atoms with E-state index in [1.807, 2.05) is 12.3 Å². The Hall–Kier alpha value is -1.77. The van der Waals surface area contributed by atoms with Gasteiger partial charge < -0.3 is 10.3 Å². The van der Waals surface area contributed by atoms with E-state index in [1.165, 1.54) is 23.8 Å². The standard InChI is InChI=1S/C16H20N2O/c1-11-5-4-8-14-16(11)12(10-17-14)9-15(19)18-13-6-2-3-7-13/h4-5,8,10,13,17H,2-3,6-7,9H2,1H3,(H,18,19). The molecule has 3 rings (SSSR count). The molecule has 2 aromatic rings. The zero-order chi connectivity index (χ0) is 13.2. The highest BCUT2D eigenvalue weighted by atomic mass is 16.1. The number of fused-ring (bicyclic) bond motifs is 1. The van der Waals surface area contributed by atoms with Gasteiger partial charge in [-0.2, -0.15) is 0 Å². The second-order valence-corrected chi connectivity index (χ2v) is 5.54. The van der Waals surface area contributed by atoms with Gasteiger partial charge in [0.1, 0.15) is 0 Å².